The number of anilines is 1. The standard InChI is InChI=1S/C23H21N3O/c1-3-7-18(8-4-1)16-27-21-13-11-19(12-14-21)22-15-23(25-17-24-22)26-20-9-5-2-6-10-20/h1,3-5,7-15,17H,2,6,16H2,(H,24,25,26). The van der Waals surface area contributed by atoms with Gasteiger partial charge in [0.15, 0.2) is 0 Å². The van der Waals surface area contributed by atoms with Crippen molar-refractivity contribution in [2.75, 3.05) is 5.32 Å². The van der Waals surface area contributed by atoms with Gasteiger partial charge in [0.25, 0.3) is 0 Å². The number of hydrogen-bond donors (Lipinski definition) is 1. The summed E-state index contributed by atoms with van der Waals surface area (Å²) in [5.41, 5.74) is 4.14. The van der Waals surface area contributed by atoms with Crippen molar-refractivity contribution in [2.24, 2.45) is 0 Å². The van der Waals surface area contributed by atoms with Crippen LogP contribution in [0.25, 0.3) is 11.3 Å². The van der Waals surface area contributed by atoms with Crippen LogP contribution in [0.5, 0.6) is 5.75 Å². The van der Waals surface area contributed by atoms with Gasteiger partial charge in [-0.15, -0.1) is 0 Å². The van der Waals surface area contributed by atoms with Crippen LogP contribution < -0.4 is 10.1 Å². The SMILES string of the molecule is C1=CC(Nc2cc(-c3ccc(OCc4ccccc4)cc3)ncn2)=CCC1. The molecule has 0 fully saturated rings. The van der Waals surface area contributed by atoms with Gasteiger partial charge in [-0.1, -0.05) is 42.5 Å². The summed E-state index contributed by atoms with van der Waals surface area (Å²) in [5, 5.41) is 3.34. The van der Waals surface area contributed by atoms with Gasteiger partial charge in [-0.05, 0) is 48.7 Å². The first-order valence-corrected chi connectivity index (χ1v) is 9.10. The summed E-state index contributed by atoms with van der Waals surface area (Å²) in [6.07, 6.45) is 10.2. The van der Waals surface area contributed by atoms with Gasteiger partial charge in [0.05, 0.1) is 5.69 Å². The number of nitrogens with zero attached hydrogens (tertiary/aromatic N) is 2. The Kier molecular flexibility index (Phi) is 5.25. The lowest BCUT2D eigenvalue weighted by molar-refractivity contribution is 0.306. The van der Waals surface area contributed by atoms with Crippen LogP contribution in [0.3, 0.4) is 0 Å². The third kappa shape index (κ3) is 4.61. The van der Waals surface area contributed by atoms with Gasteiger partial charge < -0.3 is 10.1 Å². The van der Waals surface area contributed by atoms with Crippen LogP contribution in [0.1, 0.15) is 18.4 Å². The zero-order chi connectivity index (χ0) is 18.3. The molecule has 0 atom stereocenters. The highest BCUT2D eigenvalue weighted by atomic mass is 16.5. The van der Waals surface area contributed by atoms with E-state index in [4.69, 9.17) is 4.74 Å². The molecule has 4 rings (SSSR count). The first-order chi connectivity index (χ1) is 13.4. The van der Waals surface area contributed by atoms with Gasteiger partial charge in [0.2, 0.25) is 0 Å². The molecule has 1 N–H and O–H groups in total. The second-order valence-corrected chi connectivity index (χ2v) is 6.35. The van der Waals surface area contributed by atoms with Crippen LogP contribution in [0, 0.1) is 0 Å². The van der Waals surface area contributed by atoms with Crippen LogP contribution in [-0.2, 0) is 6.61 Å². The fourth-order valence-corrected chi connectivity index (χ4v) is 2.90. The molecule has 1 aromatic heterocycles. The Morgan fingerprint density at radius 2 is 1.78 bits per heavy atom. The highest BCUT2D eigenvalue weighted by molar-refractivity contribution is 5.63. The molecule has 0 amide bonds. The average Bonchev–Trinajstić information content (AvgIpc) is 2.74. The largest absolute Gasteiger partial charge is 0.489 e. The molecule has 4 heteroatoms. The Morgan fingerprint density at radius 1 is 0.926 bits per heavy atom. The summed E-state index contributed by atoms with van der Waals surface area (Å²) in [5.74, 6) is 1.63. The van der Waals surface area contributed by atoms with Crippen molar-refractivity contribution in [3.63, 3.8) is 0 Å². The molecule has 3 aromatic rings. The molecule has 0 radical (unpaired) electrons. The number of ether oxygens (including phenoxy) is 1. The summed E-state index contributed by atoms with van der Waals surface area (Å²) >= 11 is 0. The van der Waals surface area contributed by atoms with Crippen LogP contribution >= 0.6 is 0 Å². The van der Waals surface area contributed by atoms with Crippen molar-refractivity contribution in [2.45, 2.75) is 19.4 Å². The number of benzene rings is 2. The average molecular weight is 355 g/mol. The Hall–Kier alpha value is -3.40. The number of allylic oxidation sites excluding steroid dienone is 3. The molecule has 0 saturated carbocycles. The molecule has 1 aliphatic carbocycles. The van der Waals surface area contributed by atoms with Crippen molar-refractivity contribution in [3.05, 3.63) is 96.5 Å². The van der Waals surface area contributed by atoms with E-state index in [1.54, 1.807) is 6.33 Å². The minimum absolute atomic E-state index is 0.560. The molecule has 2 aromatic carbocycles. The van der Waals surface area contributed by atoms with E-state index in [9.17, 15) is 0 Å². The second kappa shape index (κ2) is 8.32. The molecule has 27 heavy (non-hydrogen) atoms. The molecule has 134 valence electrons. The van der Waals surface area contributed by atoms with Crippen molar-refractivity contribution in [3.8, 4) is 17.0 Å². The maximum absolute atomic E-state index is 5.85. The Bertz CT molecular complexity index is 947. The van der Waals surface area contributed by atoms with Crippen molar-refractivity contribution >= 4 is 5.82 Å². The summed E-state index contributed by atoms with van der Waals surface area (Å²) in [6.45, 7) is 0.560. The van der Waals surface area contributed by atoms with E-state index < -0.39 is 0 Å². The Labute approximate surface area is 159 Å². The molecule has 0 bridgehead atoms. The number of rotatable bonds is 6. The second-order valence-electron chi connectivity index (χ2n) is 6.35. The van der Waals surface area contributed by atoms with Crippen LogP contribution in [0.4, 0.5) is 5.82 Å². The zero-order valence-corrected chi connectivity index (χ0v) is 15.0. The highest BCUT2D eigenvalue weighted by Crippen LogP contribution is 2.23. The van der Waals surface area contributed by atoms with E-state index >= 15 is 0 Å². The number of hydrogen-bond acceptors (Lipinski definition) is 4. The van der Waals surface area contributed by atoms with E-state index in [1.165, 1.54) is 0 Å². The van der Waals surface area contributed by atoms with Crippen molar-refractivity contribution < 1.29 is 4.74 Å². The first kappa shape index (κ1) is 17.0. The topological polar surface area (TPSA) is 47.0 Å². The van der Waals surface area contributed by atoms with E-state index in [-0.39, 0.29) is 0 Å². The maximum atomic E-state index is 5.85. The summed E-state index contributed by atoms with van der Waals surface area (Å²) in [6, 6.07) is 20.1. The summed E-state index contributed by atoms with van der Waals surface area (Å²) in [7, 11) is 0. The lowest BCUT2D eigenvalue weighted by atomic mass is 10.1. The van der Waals surface area contributed by atoms with Gasteiger partial charge >= 0.3 is 0 Å². The van der Waals surface area contributed by atoms with E-state index in [0.717, 1.165) is 46.9 Å². The van der Waals surface area contributed by atoms with Gasteiger partial charge in [-0.3, -0.25) is 0 Å². The van der Waals surface area contributed by atoms with Gasteiger partial charge in [-0.2, -0.15) is 0 Å². The van der Waals surface area contributed by atoms with Crippen LogP contribution in [-0.4, -0.2) is 9.97 Å². The van der Waals surface area contributed by atoms with Gasteiger partial charge in [0.1, 0.15) is 24.5 Å². The molecular weight excluding hydrogens is 334 g/mol. The van der Waals surface area contributed by atoms with Crippen molar-refractivity contribution in [1.29, 1.82) is 0 Å². The monoisotopic (exact) mass is 355 g/mol. The predicted octanol–water partition coefficient (Wildman–Crippen LogP) is 5.37. The molecule has 4 nitrogen and oxygen atoms in total. The lowest BCUT2D eigenvalue weighted by Crippen LogP contribution is -2.02. The fraction of sp³-hybridized carbons (Fsp3) is 0.130. The smallest absolute Gasteiger partial charge is 0.134 e. The minimum Gasteiger partial charge on any atom is -0.489 e. The summed E-state index contributed by atoms with van der Waals surface area (Å²) < 4.78 is 5.85. The Morgan fingerprint density at radius 3 is 2.56 bits per heavy atom. The van der Waals surface area contributed by atoms with E-state index in [0.29, 0.717) is 6.61 Å². The molecule has 1 heterocycles. The van der Waals surface area contributed by atoms with Crippen LogP contribution in [0.15, 0.2) is 90.9 Å². The third-order valence-corrected chi connectivity index (χ3v) is 4.33. The quantitative estimate of drug-likeness (QED) is 0.646. The molecule has 0 saturated heterocycles. The Balaban J connectivity index is 1.43. The molecule has 0 spiro atoms. The predicted molar refractivity (Wildman–Crippen MR) is 108 cm³/mol. The molecule has 0 aliphatic heterocycles. The number of aromatic nitrogens is 2. The lowest BCUT2D eigenvalue weighted by Gasteiger charge is -2.11. The summed E-state index contributed by atoms with van der Waals surface area (Å²) in [4.78, 5) is 8.71. The maximum Gasteiger partial charge on any atom is 0.134 e. The molecular formula is C23H21N3O. The van der Waals surface area contributed by atoms with Gasteiger partial charge in [0, 0.05) is 17.3 Å². The van der Waals surface area contributed by atoms with E-state index in [1.807, 2.05) is 48.5 Å². The zero-order valence-electron chi connectivity index (χ0n) is 15.0. The first-order valence-electron chi connectivity index (χ1n) is 9.10. The molecule has 1 aliphatic rings. The fourth-order valence-electron chi connectivity index (χ4n) is 2.90. The highest BCUT2D eigenvalue weighted by Gasteiger charge is 2.05. The third-order valence-electron chi connectivity index (χ3n) is 4.33. The minimum atomic E-state index is 0.560. The van der Waals surface area contributed by atoms with E-state index in [2.05, 4.69) is 45.6 Å². The molecule has 0 unspecified atom stereocenters. The normalized spacial score (nSPS) is 13.1. The van der Waals surface area contributed by atoms with Crippen molar-refractivity contribution in [1.82, 2.24) is 9.97 Å². The van der Waals surface area contributed by atoms with Gasteiger partial charge in [-0.25, -0.2) is 9.97 Å². The van der Waals surface area contributed by atoms with Crippen LogP contribution in [0.2, 0.25) is 0 Å². The number of nitrogens with one attached hydrogen (secondary N) is 1.